The van der Waals surface area contributed by atoms with Gasteiger partial charge in [0.25, 0.3) is 5.91 Å². The number of hydrogen-bond acceptors (Lipinski definition) is 4. The first-order valence-corrected chi connectivity index (χ1v) is 5.27. The topological polar surface area (TPSA) is 64.3 Å². The van der Waals surface area contributed by atoms with E-state index in [-0.39, 0.29) is 18.6 Å². The van der Waals surface area contributed by atoms with Crippen LogP contribution in [0, 0.1) is 0 Å². The van der Waals surface area contributed by atoms with E-state index >= 15 is 0 Å². The van der Waals surface area contributed by atoms with Crippen LogP contribution in [0.1, 0.15) is 11.6 Å². The molecule has 1 aliphatic rings. The van der Waals surface area contributed by atoms with Crippen LogP contribution in [0.15, 0.2) is 18.2 Å². The van der Waals surface area contributed by atoms with Gasteiger partial charge in [0.1, 0.15) is 5.75 Å². The van der Waals surface area contributed by atoms with Crippen molar-refractivity contribution in [1.82, 2.24) is 0 Å². The van der Waals surface area contributed by atoms with E-state index in [0.717, 1.165) is 5.56 Å². The number of thiol groups is 1. The van der Waals surface area contributed by atoms with Gasteiger partial charge in [0.15, 0.2) is 6.61 Å². The van der Waals surface area contributed by atoms with Crippen LogP contribution in [0.3, 0.4) is 0 Å². The number of ether oxygens (including phenoxy) is 1. The first-order valence-electron chi connectivity index (χ1n) is 4.63. The Bertz CT molecular complexity index is 395. The van der Waals surface area contributed by atoms with Gasteiger partial charge in [0.2, 0.25) is 0 Å². The Labute approximate surface area is 93.2 Å². The van der Waals surface area contributed by atoms with Gasteiger partial charge in [-0.3, -0.25) is 4.79 Å². The fraction of sp³-hybridized carbons (Fsp3) is 0.300. The smallest absolute Gasteiger partial charge is 0.262 e. The number of fused-ring (bicyclic) bond motifs is 1. The van der Waals surface area contributed by atoms with Gasteiger partial charge in [-0.25, -0.2) is 0 Å². The molecule has 1 amide bonds. The molecule has 0 fully saturated rings. The van der Waals surface area contributed by atoms with Crippen LogP contribution in [0.25, 0.3) is 0 Å². The zero-order chi connectivity index (χ0) is 10.8. The molecule has 0 aliphatic carbocycles. The summed E-state index contributed by atoms with van der Waals surface area (Å²) in [6, 6.07) is 5.40. The van der Waals surface area contributed by atoms with Crippen LogP contribution < -0.4 is 15.8 Å². The normalized spacial score (nSPS) is 16.3. The summed E-state index contributed by atoms with van der Waals surface area (Å²) in [5, 5.41) is 2.73. The summed E-state index contributed by atoms with van der Waals surface area (Å²) in [7, 11) is 0. The zero-order valence-corrected chi connectivity index (χ0v) is 8.96. The number of hydrogen-bond donors (Lipinski definition) is 3. The van der Waals surface area contributed by atoms with Gasteiger partial charge in [-0.1, -0.05) is 6.07 Å². The molecule has 1 heterocycles. The van der Waals surface area contributed by atoms with Crippen molar-refractivity contribution >= 4 is 24.2 Å². The second kappa shape index (κ2) is 4.12. The third-order valence-corrected chi connectivity index (χ3v) is 2.65. The first kappa shape index (κ1) is 10.3. The fourth-order valence-corrected chi connectivity index (χ4v) is 1.65. The van der Waals surface area contributed by atoms with Crippen LogP contribution in [-0.4, -0.2) is 18.3 Å². The molecule has 0 saturated carbocycles. The van der Waals surface area contributed by atoms with Gasteiger partial charge in [-0.05, 0) is 17.7 Å². The van der Waals surface area contributed by atoms with Crippen molar-refractivity contribution in [2.45, 2.75) is 6.04 Å². The summed E-state index contributed by atoms with van der Waals surface area (Å²) in [6.45, 7) is 0.0744. The van der Waals surface area contributed by atoms with Gasteiger partial charge in [0.05, 0.1) is 5.69 Å². The SMILES string of the molecule is NC(CS)c1ccc2c(c1)NC(=O)CO2. The molecule has 0 aromatic heterocycles. The Morgan fingerprint density at radius 1 is 1.60 bits per heavy atom. The lowest BCUT2D eigenvalue weighted by molar-refractivity contribution is -0.118. The standard InChI is InChI=1S/C10H12N2O2S/c11-7(5-15)6-1-2-9-8(3-6)12-10(13)4-14-9/h1-3,7,15H,4-5,11H2,(H,12,13). The molecule has 1 aromatic rings. The van der Waals surface area contributed by atoms with Crippen molar-refractivity contribution in [1.29, 1.82) is 0 Å². The number of benzene rings is 1. The summed E-state index contributed by atoms with van der Waals surface area (Å²) in [5.74, 6) is 1.11. The van der Waals surface area contributed by atoms with E-state index < -0.39 is 0 Å². The Morgan fingerprint density at radius 3 is 3.13 bits per heavy atom. The van der Waals surface area contributed by atoms with E-state index in [0.29, 0.717) is 17.2 Å². The lowest BCUT2D eigenvalue weighted by atomic mass is 10.1. The minimum Gasteiger partial charge on any atom is -0.482 e. The monoisotopic (exact) mass is 224 g/mol. The largest absolute Gasteiger partial charge is 0.482 e. The molecule has 0 bridgehead atoms. The highest BCUT2D eigenvalue weighted by atomic mass is 32.1. The van der Waals surface area contributed by atoms with Crippen molar-refractivity contribution in [3.8, 4) is 5.75 Å². The Morgan fingerprint density at radius 2 is 2.40 bits per heavy atom. The van der Waals surface area contributed by atoms with Crippen LogP contribution in [0.2, 0.25) is 0 Å². The molecule has 5 heteroatoms. The number of anilines is 1. The highest BCUT2D eigenvalue weighted by Gasteiger charge is 2.16. The number of carbonyl (C=O) groups excluding carboxylic acids is 1. The van der Waals surface area contributed by atoms with Crippen LogP contribution >= 0.6 is 12.6 Å². The van der Waals surface area contributed by atoms with Crippen molar-refractivity contribution in [3.05, 3.63) is 23.8 Å². The molecular formula is C10H12N2O2S. The van der Waals surface area contributed by atoms with Crippen LogP contribution in [0.5, 0.6) is 5.75 Å². The summed E-state index contributed by atoms with van der Waals surface area (Å²) in [5.41, 5.74) is 7.45. The third kappa shape index (κ3) is 2.08. The first-order chi connectivity index (χ1) is 7.20. The van der Waals surface area contributed by atoms with E-state index in [1.165, 1.54) is 0 Å². The Kier molecular flexibility index (Phi) is 2.83. The van der Waals surface area contributed by atoms with Gasteiger partial charge in [-0.2, -0.15) is 12.6 Å². The van der Waals surface area contributed by atoms with Gasteiger partial charge < -0.3 is 15.8 Å². The summed E-state index contributed by atoms with van der Waals surface area (Å²) in [4.78, 5) is 11.1. The molecule has 1 aliphatic heterocycles. The predicted molar refractivity (Wildman–Crippen MR) is 61.3 cm³/mol. The molecule has 3 N–H and O–H groups in total. The van der Waals surface area contributed by atoms with E-state index in [4.69, 9.17) is 10.5 Å². The van der Waals surface area contributed by atoms with Crippen LogP contribution in [0.4, 0.5) is 5.69 Å². The maximum Gasteiger partial charge on any atom is 0.262 e. The van der Waals surface area contributed by atoms with E-state index in [2.05, 4.69) is 17.9 Å². The van der Waals surface area contributed by atoms with E-state index in [1.54, 1.807) is 0 Å². The molecule has 0 saturated heterocycles. The fourth-order valence-electron chi connectivity index (χ4n) is 1.44. The molecule has 2 rings (SSSR count). The summed E-state index contributed by atoms with van der Waals surface area (Å²) < 4.78 is 5.23. The predicted octanol–water partition coefficient (Wildman–Crippen LogP) is 0.947. The van der Waals surface area contributed by atoms with Gasteiger partial charge >= 0.3 is 0 Å². The molecule has 1 unspecified atom stereocenters. The highest BCUT2D eigenvalue weighted by Crippen LogP contribution is 2.30. The molecule has 0 spiro atoms. The minimum atomic E-state index is -0.140. The van der Waals surface area contributed by atoms with Crippen molar-refractivity contribution in [2.24, 2.45) is 5.73 Å². The number of nitrogens with one attached hydrogen (secondary N) is 1. The van der Waals surface area contributed by atoms with Crippen molar-refractivity contribution in [3.63, 3.8) is 0 Å². The quantitative estimate of drug-likeness (QED) is 0.655. The summed E-state index contributed by atoms with van der Waals surface area (Å²) in [6.07, 6.45) is 0. The van der Waals surface area contributed by atoms with E-state index in [1.807, 2.05) is 18.2 Å². The third-order valence-electron chi connectivity index (χ3n) is 2.26. The van der Waals surface area contributed by atoms with Gasteiger partial charge in [-0.15, -0.1) is 0 Å². The maximum absolute atomic E-state index is 11.1. The lowest BCUT2D eigenvalue weighted by Crippen LogP contribution is -2.25. The Balaban J connectivity index is 2.32. The second-order valence-electron chi connectivity index (χ2n) is 3.38. The number of carbonyl (C=O) groups is 1. The lowest BCUT2D eigenvalue weighted by Gasteiger charge is -2.19. The molecule has 1 atom stereocenters. The van der Waals surface area contributed by atoms with Crippen molar-refractivity contribution in [2.75, 3.05) is 17.7 Å². The van der Waals surface area contributed by atoms with Crippen LogP contribution in [-0.2, 0) is 4.79 Å². The molecular weight excluding hydrogens is 212 g/mol. The average Bonchev–Trinajstić information content (AvgIpc) is 2.27. The molecule has 80 valence electrons. The molecule has 4 nitrogen and oxygen atoms in total. The molecule has 15 heavy (non-hydrogen) atoms. The Hall–Kier alpha value is -1.20. The maximum atomic E-state index is 11.1. The highest BCUT2D eigenvalue weighted by molar-refractivity contribution is 7.80. The molecule has 1 aromatic carbocycles. The van der Waals surface area contributed by atoms with Gasteiger partial charge in [0, 0.05) is 11.8 Å². The zero-order valence-electron chi connectivity index (χ0n) is 8.06. The average molecular weight is 224 g/mol. The second-order valence-corrected chi connectivity index (χ2v) is 3.75. The number of rotatable bonds is 2. The number of amides is 1. The number of nitrogens with two attached hydrogens (primary N) is 1. The minimum absolute atomic E-state index is 0.0744. The van der Waals surface area contributed by atoms with Crippen molar-refractivity contribution < 1.29 is 9.53 Å². The molecule has 0 radical (unpaired) electrons. The summed E-state index contributed by atoms with van der Waals surface area (Å²) >= 11 is 4.13. The van der Waals surface area contributed by atoms with E-state index in [9.17, 15) is 4.79 Å².